The van der Waals surface area contributed by atoms with Crippen LogP contribution in [-0.2, 0) is 6.42 Å². The summed E-state index contributed by atoms with van der Waals surface area (Å²) < 4.78 is 1.46. The number of hydrogen-bond acceptors (Lipinski definition) is 5. The molecule has 0 fully saturated rings. The first kappa shape index (κ1) is 12.5. The molecule has 2 aromatic heterocycles. The van der Waals surface area contributed by atoms with Crippen LogP contribution in [0.2, 0.25) is 0 Å². The summed E-state index contributed by atoms with van der Waals surface area (Å²) in [5.41, 5.74) is 0.884. The van der Waals surface area contributed by atoms with Crippen molar-refractivity contribution in [2.75, 3.05) is 23.7 Å². The van der Waals surface area contributed by atoms with Crippen molar-refractivity contribution in [3.8, 4) is 0 Å². The van der Waals surface area contributed by atoms with Gasteiger partial charge in [0.15, 0.2) is 0 Å². The van der Waals surface area contributed by atoms with E-state index >= 15 is 0 Å². The summed E-state index contributed by atoms with van der Waals surface area (Å²) in [6.45, 7) is 5.82. The number of anilines is 1. The lowest BCUT2D eigenvalue weighted by Gasteiger charge is -2.15. The SMILES string of the molecule is CCN(CC)c1nc2nc3c(c(=O)n2[nH]1)SCCC3. The standard InChI is InChI=1S/C12H17N5OS/c1-3-16(4-2)12-14-11-13-8-6-5-7-19-9(8)10(18)17(11)15-12/h3-7H2,1-2H3,(H,13,14,15). The first-order valence-electron chi connectivity index (χ1n) is 6.64. The highest BCUT2D eigenvalue weighted by Crippen LogP contribution is 2.25. The first-order valence-corrected chi connectivity index (χ1v) is 7.62. The average molecular weight is 279 g/mol. The van der Waals surface area contributed by atoms with Gasteiger partial charge in [0.1, 0.15) is 0 Å². The summed E-state index contributed by atoms with van der Waals surface area (Å²) in [5.74, 6) is 2.18. The molecule has 1 aliphatic heterocycles. The largest absolute Gasteiger partial charge is 0.342 e. The van der Waals surface area contributed by atoms with E-state index < -0.39 is 0 Å². The molecule has 7 heteroatoms. The van der Waals surface area contributed by atoms with Gasteiger partial charge in [0.05, 0.1) is 10.6 Å². The van der Waals surface area contributed by atoms with E-state index in [0.29, 0.717) is 11.7 Å². The minimum Gasteiger partial charge on any atom is -0.342 e. The monoisotopic (exact) mass is 279 g/mol. The average Bonchev–Trinajstić information content (AvgIpc) is 2.84. The molecule has 3 rings (SSSR count). The molecular formula is C12H17N5OS. The third-order valence-corrected chi connectivity index (χ3v) is 4.57. The van der Waals surface area contributed by atoms with Crippen LogP contribution in [0, 0.1) is 0 Å². The molecule has 0 unspecified atom stereocenters. The molecule has 0 aliphatic carbocycles. The molecule has 0 radical (unpaired) electrons. The maximum atomic E-state index is 12.4. The summed E-state index contributed by atoms with van der Waals surface area (Å²) in [5, 5.41) is 3.06. The van der Waals surface area contributed by atoms with E-state index in [2.05, 4.69) is 33.8 Å². The molecule has 2 aromatic rings. The van der Waals surface area contributed by atoms with Crippen LogP contribution in [0.4, 0.5) is 5.95 Å². The molecular weight excluding hydrogens is 262 g/mol. The second kappa shape index (κ2) is 4.88. The Morgan fingerprint density at radius 1 is 1.37 bits per heavy atom. The van der Waals surface area contributed by atoms with Gasteiger partial charge in [-0.1, -0.05) is 0 Å². The zero-order chi connectivity index (χ0) is 13.4. The predicted octanol–water partition coefficient (Wildman–Crippen LogP) is 1.30. The third kappa shape index (κ3) is 2.01. The molecule has 6 nitrogen and oxygen atoms in total. The van der Waals surface area contributed by atoms with Gasteiger partial charge in [-0.2, -0.15) is 9.50 Å². The third-order valence-electron chi connectivity index (χ3n) is 3.38. The molecule has 0 bridgehead atoms. The molecule has 1 aliphatic rings. The van der Waals surface area contributed by atoms with Gasteiger partial charge in [-0.15, -0.1) is 11.8 Å². The zero-order valence-electron chi connectivity index (χ0n) is 11.1. The topological polar surface area (TPSA) is 66.3 Å². The van der Waals surface area contributed by atoms with Crippen LogP contribution in [0.15, 0.2) is 9.69 Å². The van der Waals surface area contributed by atoms with Crippen LogP contribution in [0.5, 0.6) is 0 Å². The molecule has 0 amide bonds. The van der Waals surface area contributed by atoms with Gasteiger partial charge in [0, 0.05) is 13.1 Å². The Morgan fingerprint density at radius 2 is 2.16 bits per heavy atom. The van der Waals surface area contributed by atoms with Crippen LogP contribution >= 0.6 is 11.8 Å². The quantitative estimate of drug-likeness (QED) is 0.917. The van der Waals surface area contributed by atoms with Gasteiger partial charge in [0.25, 0.3) is 11.3 Å². The lowest BCUT2D eigenvalue weighted by Crippen LogP contribution is -2.24. The molecule has 0 saturated carbocycles. The number of nitrogens with zero attached hydrogens (tertiary/aromatic N) is 4. The summed E-state index contributed by atoms with van der Waals surface area (Å²) in [4.78, 5) is 24.2. The van der Waals surface area contributed by atoms with Crippen molar-refractivity contribution in [1.82, 2.24) is 19.6 Å². The number of aryl methyl sites for hydroxylation is 1. The van der Waals surface area contributed by atoms with Gasteiger partial charge in [-0.3, -0.25) is 9.89 Å². The number of aromatic amines is 1. The Bertz CT molecular complexity index is 658. The van der Waals surface area contributed by atoms with E-state index in [1.807, 2.05) is 0 Å². The van der Waals surface area contributed by atoms with Crippen molar-refractivity contribution >= 4 is 23.5 Å². The number of thioether (sulfide) groups is 1. The van der Waals surface area contributed by atoms with Crippen molar-refractivity contribution < 1.29 is 0 Å². The molecule has 3 heterocycles. The maximum Gasteiger partial charge on any atom is 0.287 e. The molecule has 0 aromatic carbocycles. The Hall–Kier alpha value is -1.50. The van der Waals surface area contributed by atoms with Crippen molar-refractivity contribution in [1.29, 1.82) is 0 Å². The number of fused-ring (bicyclic) bond motifs is 2. The fourth-order valence-electron chi connectivity index (χ4n) is 2.33. The Kier molecular flexibility index (Phi) is 3.22. The summed E-state index contributed by atoms with van der Waals surface area (Å²) >= 11 is 1.60. The van der Waals surface area contributed by atoms with Crippen molar-refractivity contribution in [2.45, 2.75) is 31.6 Å². The van der Waals surface area contributed by atoms with Crippen LogP contribution in [0.1, 0.15) is 26.0 Å². The summed E-state index contributed by atoms with van der Waals surface area (Å²) in [6, 6.07) is 0. The van der Waals surface area contributed by atoms with Gasteiger partial charge >= 0.3 is 0 Å². The minimum absolute atomic E-state index is 0.0180. The normalized spacial score (nSPS) is 14.6. The van der Waals surface area contributed by atoms with Crippen molar-refractivity contribution in [2.24, 2.45) is 0 Å². The first-order chi connectivity index (χ1) is 9.24. The van der Waals surface area contributed by atoms with Gasteiger partial charge in [-0.25, -0.2) is 4.98 Å². The van der Waals surface area contributed by atoms with Crippen LogP contribution in [0.3, 0.4) is 0 Å². The lowest BCUT2D eigenvalue weighted by atomic mass is 10.2. The molecule has 0 spiro atoms. The lowest BCUT2D eigenvalue weighted by molar-refractivity contribution is 0.771. The Labute approximate surface area is 115 Å². The fourth-order valence-corrected chi connectivity index (χ4v) is 3.35. The van der Waals surface area contributed by atoms with E-state index in [1.54, 1.807) is 11.8 Å². The number of nitrogens with one attached hydrogen (secondary N) is 1. The van der Waals surface area contributed by atoms with E-state index in [1.165, 1.54) is 4.52 Å². The van der Waals surface area contributed by atoms with Crippen LogP contribution in [0.25, 0.3) is 5.78 Å². The predicted molar refractivity (Wildman–Crippen MR) is 76.2 cm³/mol. The molecule has 19 heavy (non-hydrogen) atoms. The molecule has 0 saturated heterocycles. The molecule has 102 valence electrons. The van der Waals surface area contributed by atoms with E-state index in [4.69, 9.17) is 0 Å². The smallest absolute Gasteiger partial charge is 0.287 e. The van der Waals surface area contributed by atoms with Gasteiger partial charge < -0.3 is 4.90 Å². The maximum absolute atomic E-state index is 12.4. The van der Waals surface area contributed by atoms with Crippen LogP contribution in [-0.4, -0.2) is 38.4 Å². The summed E-state index contributed by atoms with van der Waals surface area (Å²) in [6.07, 6.45) is 1.95. The highest BCUT2D eigenvalue weighted by Gasteiger charge is 2.19. The number of hydrogen-bond donors (Lipinski definition) is 1. The number of rotatable bonds is 3. The van der Waals surface area contributed by atoms with Gasteiger partial charge in [-0.05, 0) is 32.4 Å². The van der Waals surface area contributed by atoms with Crippen LogP contribution < -0.4 is 10.5 Å². The highest BCUT2D eigenvalue weighted by atomic mass is 32.2. The van der Waals surface area contributed by atoms with Crippen molar-refractivity contribution in [3.63, 3.8) is 0 Å². The molecule has 1 N–H and O–H groups in total. The van der Waals surface area contributed by atoms with Crippen molar-refractivity contribution in [3.05, 3.63) is 16.0 Å². The van der Waals surface area contributed by atoms with E-state index in [0.717, 1.165) is 42.3 Å². The van der Waals surface area contributed by atoms with E-state index in [-0.39, 0.29) is 5.56 Å². The van der Waals surface area contributed by atoms with Gasteiger partial charge in [0.2, 0.25) is 5.95 Å². The number of H-pyrrole nitrogens is 1. The Balaban J connectivity index is 2.17. The highest BCUT2D eigenvalue weighted by molar-refractivity contribution is 7.99. The summed E-state index contributed by atoms with van der Waals surface area (Å²) in [7, 11) is 0. The number of aromatic nitrogens is 4. The minimum atomic E-state index is -0.0180. The fraction of sp³-hybridized carbons (Fsp3) is 0.583. The second-order valence-corrected chi connectivity index (χ2v) is 5.60. The Morgan fingerprint density at radius 3 is 2.89 bits per heavy atom. The van der Waals surface area contributed by atoms with E-state index in [9.17, 15) is 4.79 Å². The second-order valence-electron chi connectivity index (χ2n) is 4.50. The zero-order valence-corrected chi connectivity index (χ0v) is 12.0. The molecule has 0 atom stereocenters.